The number of benzene rings is 1. The van der Waals surface area contributed by atoms with Gasteiger partial charge in [0.25, 0.3) is 5.69 Å². The predicted octanol–water partition coefficient (Wildman–Crippen LogP) is 2.32. The number of nitrogens with zero attached hydrogens (tertiary/aromatic N) is 1. The lowest BCUT2D eigenvalue weighted by atomic mass is 10.3. The topological polar surface area (TPSA) is 72.2 Å². The molecule has 0 atom stereocenters. The van der Waals surface area contributed by atoms with Gasteiger partial charge in [0.1, 0.15) is 0 Å². The van der Waals surface area contributed by atoms with Crippen LogP contribution in [0.2, 0.25) is 0 Å². The summed E-state index contributed by atoms with van der Waals surface area (Å²) in [7, 11) is 0. The Kier molecular flexibility index (Phi) is 3.19. The van der Waals surface area contributed by atoms with Crippen LogP contribution < -0.4 is 5.32 Å². The minimum Gasteiger partial charge on any atom is -0.326 e. The van der Waals surface area contributed by atoms with E-state index in [0.717, 1.165) is 0 Å². The molecule has 1 N–H and O–H groups in total. The van der Waals surface area contributed by atoms with Crippen molar-refractivity contribution in [2.45, 2.75) is 6.92 Å². The summed E-state index contributed by atoms with van der Waals surface area (Å²) in [5, 5.41) is 13.0. The Bertz CT molecular complexity index is 392. The average molecular weight is 259 g/mol. The van der Waals surface area contributed by atoms with Gasteiger partial charge in [0.15, 0.2) is 0 Å². The van der Waals surface area contributed by atoms with Crippen LogP contribution in [0, 0.1) is 10.1 Å². The molecule has 74 valence electrons. The number of rotatable bonds is 2. The van der Waals surface area contributed by atoms with Gasteiger partial charge in [0.05, 0.1) is 9.40 Å². The lowest BCUT2D eigenvalue weighted by Gasteiger charge is -2.02. The molecule has 0 radical (unpaired) electrons. The molecule has 0 aliphatic carbocycles. The molecule has 0 aromatic heterocycles. The number of carbonyl (C=O) groups is 1. The molecule has 0 aliphatic rings. The molecule has 14 heavy (non-hydrogen) atoms. The molecule has 1 aromatic carbocycles. The maximum absolute atomic E-state index is 10.7. The van der Waals surface area contributed by atoms with Gasteiger partial charge in [-0.05, 0) is 28.1 Å². The molecule has 1 amide bonds. The maximum Gasteiger partial charge on any atom is 0.285 e. The van der Waals surface area contributed by atoms with Gasteiger partial charge < -0.3 is 5.32 Å². The zero-order valence-electron chi connectivity index (χ0n) is 7.28. The van der Waals surface area contributed by atoms with Crippen molar-refractivity contribution in [3.05, 3.63) is 32.8 Å². The zero-order valence-corrected chi connectivity index (χ0v) is 8.87. The van der Waals surface area contributed by atoms with E-state index in [1.165, 1.54) is 19.1 Å². The van der Waals surface area contributed by atoms with Crippen LogP contribution in [0.5, 0.6) is 0 Å². The Morgan fingerprint density at radius 2 is 2.21 bits per heavy atom. The highest BCUT2D eigenvalue weighted by atomic mass is 79.9. The Balaban J connectivity index is 3.06. The van der Waals surface area contributed by atoms with Crippen LogP contribution >= 0.6 is 15.9 Å². The van der Waals surface area contributed by atoms with Gasteiger partial charge in [0, 0.05) is 18.7 Å². The second kappa shape index (κ2) is 4.19. The van der Waals surface area contributed by atoms with Crippen LogP contribution in [-0.2, 0) is 4.79 Å². The summed E-state index contributed by atoms with van der Waals surface area (Å²) < 4.78 is 0.386. The van der Waals surface area contributed by atoms with Crippen molar-refractivity contribution in [1.82, 2.24) is 0 Å². The highest BCUT2D eigenvalue weighted by molar-refractivity contribution is 9.10. The van der Waals surface area contributed by atoms with Gasteiger partial charge in [-0.3, -0.25) is 14.9 Å². The summed E-state index contributed by atoms with van der Waals surface area (Å²) >= 11 is 3.04. The Hall–Kier alpha value is -1.43. The van der Waals surface area contributed by atoms with Crippen LogP contribution in [0.4, 0.5) is 11.4 Å². The van der Waals surface area contributed by atoms with Crippen LogP contribution in [0.1, 0.15) is 6.92 Å². The summed E-state index contributed by atoms with van der Waals surface area (Å²) in [6, 6.07) is 4.40. The smallest absolute Gasteiger partial charge is 0.285 e. The first-order valence-electron chi connectivity index (χ1n) is 3.72. The second-order valence-corrected chi connectivity index (χ2v) is 3.46. The quantitative estimate of drug-likeness (QED) is 0.654. The van der Waals surface area contributed by atoms with E-state index in [4.69, 9.17) is 0 Å². The van der Waals surface area contributed by atoms with E-state index in [1.807, 2.05) is 0 Å². The van der Waals surface area contributed by atoms with Gasteiger partial charge >= 0.3 is 0 Å². The second-order valence-electron chi connectivity index (χ2n) is 2.60. The number of nitro groups is 1. The van der Waals surface area contributed by atoms with E-state index < -0.39 is 4.92 Å². The molecular weight excluding hydrogens is 252 g/mol. The third-order valence-electron chi connectivity index (χ3n) is 1.46. The maximum atomic E-state index is 10.7. The summed E-state index contributed by atoms with van der Waals surface area (Å²) in [4.78, 5) is 20.7. The van der Waals surface area contributed by atoms with E-state index >= 15 is 0 Å². The lowest BCUT2D eigenvalue weighted by Crippen LogP contribution is -2.05. The monoisotopic (exact) mass is 258 g/mol. The number of halogens is 1. The Morgan fingerprint density at radius 3 is 2.71 bits per heavy atom. The van der Waals surface area contributed by atoms with E-state index in [9.17, 15) is 14.9 Å². The van der Waals surface area contributed by atoms with Crippen LogP contribution in [0.3, 0.4) is 0 Å². The molecule has 0 saturated heterocycles. The normalized spacial score (nSPS) is 9.57. The van der Waals surface area contributed by atoms with Crippen LogP contribution in [-0.4, -0.2) is 10.8 Å². The van der Waals surface area contributed by atoms with Crippen molar-refractivity contribution >= 4 is 33.2 Å². The fourth-order valence-corrected chi connectivity index (χ4v) is 1.33. The highest BCUT2D eigenvalue weighted by Crippen LogP contribution is 2.27. The van der Waals surface area contributed by atoms with Gasteiger partial charge in [-0.1, -0.05) is 0 Å². The van der Waals surface area contributed by atoms with E-state index in [2.05, 4.69) is 21.2 Å². The molecule has 0 spiro atoms. The average Bonchev–Trinajstić information content (AvgIpc) is 2.07. The minimum absolute atomic E-state index is 0.0729. The number of nitrogens with one attached hydrogen (secondary N) is 1. The van der Waals surface area contributed by atoms with Gasteiger partial charge in [-0.25, -0.2) is 0 Å². The number of hydrogen-bond acceptors (Lipinski definition) is 3. The predicted molar refractivity (Wildman–Crippen MR) is 55.1 cm³/mol. The van der Waals surface area contributed by atoms with Gasteiger partial charge in [-0.2, -0.15) is 0 Å². The summed E-state index contributed by atoms with van der Waals surface area (Å²) in [6.07, 6.45) is 0. The van der Waals surface area contributed by atoms with Crippen molar-refractivity contribution in [1.29, 1.82) is 0 Å². The van der Waals surface area contributed by atoms with E-state index in [0.29, 0.717) is 10.2 Å². The van der Waals surface area contributed by atoms with Gasteiger partial charge in [-0.15, -0.1) is 0 Å². The molecule has 0 unspecified atom stereocenters. The van der Waals surface area contributed by atoms with Crippen molar-refractivity contribution in [3.63, 3.8) is 0 Å². The molecule has 5 nitrogen and oxygen atoms in total. The summed E-state index contributed by atoms with van der Waals surface area (Å²) in [5.74, 6) is -0.262. The largest absolute Gasteiger partial charge is 0.326 e. The van der Waals surface area contributed by atoms with Crippen molar-refractivity contribution in [2.75, 3.05) is 5.32 Å². The third kappa shape index (κ3) is 2.53. The Morgan fingerprint density at radius 1 is 1.57 bits per heavy atom. The number of nitro benzene ring substituents is 1. The molecule has 6 heteroatoms. The molecule has 0 aliphatic heterocycles. The molecule has 0 heterocycles. The molecule has 0 fully saturated rings. The SMILES string of the molecule is CC(=O)Nc1ccc(Br)c([N+](=O)[O-])c1. The van der Waals surface area contributed by atoms with Crippen molar-refractivity contribution in [3.8, 4) is 0 Å². The summed E-state index contributed by atoms with van der Waals surface area (Å²) in [5.41, 5.74) is 0.337. The van der Waals surface area contributed by atoms with Crippen LogP contribution in [0.25, 0.3) is 0 Å². The first-order valence-corrected chi connectivity index (χ1v) is 4.51. The number of hydrogen-bond donors (Lipinski definition) is 1. The molecule has 0 saturated carbocycles. The Labute approximate surface area is 88.4 Å². The number of amides is 1. The fraction of sp³-hybridized carbons (Fsp3) is 0.125. The van der Waals surface area contributed by atoms with Crippen molar-refractivity contribution < 1.29 is 9.72 Å². The van der Waals surface area contributed by atoms with E-state index in [-0.39, 0.29) is 11.6 Å². The first kappa shape index (κ1) is 10.6. The standard InChI is InChI=1S/C8H7BrN2O3/c1-5(12)10-6-2-3-7(9)8(4-6)11(13)14/h2-4H,1H3,(H,10,12). The summed E-state index contributed by atoms with van der Waals surface area (Å²) in [6.45, 7) is 1.34. The number of carbonyl (C=O) groups excluding carboxylic acids is 1. The number of anilines is 1. The minimum atomic E-state index is -0.518. The van der Waals surface area contributed by atoms with Crippen molar-refractivity contribution in [2.24, 2.45) is 0 Å². The zero-order chi connectivity index (χ0) is 10.7. The van der Waals surface area contributed by atoms with E-state index in [1.54, 1.807) is 6.07 Å². The molecule has 0 bridgehead atoms. The van der Waals surface area contributed by atoms with Crippen LogP contribution in [0.15, 0.2) is 22.7 Å². The third-order valence-corrected chi connectivity index (χ3v) is 2.13. The highest BCUT2D eigenvalue weighted by Gasteiger charge is 2.12. The molecular formula is C8H7BrN2O3. The molecule has 1 aromatic rings. The lowest BCUT2D eigenvalue weighted by molar-refractivity contribution is -0.385. The molecule has 1 rings (SSSR count). The fourth-order valence-electron chi connectivity index (χ4n) is 0.934. The van der Waals surface area contributed by atoms with Gasteiger partial charge in [0.2, 0.25) is 5.91 Å². The first-order chi connectivity index (χ1) is 6.50.